The van der Waals surface area contributed by atoms with Gasteiger partial charge in [-0.25, -0.2) is 8.42 Å². The molecule has 0 saturated heterocycles. The van der Waals surface area contributed by atoms with E-state index in [0.29, 0.717) is 16.0 Å². The summed E-state index contributed by atoms with van der Waals surface area (Å²) in [6.07, 6.45) is 1.40. The summed E-state index contributed by atoms with van der Waals surface area (Å²) >= 11 is 6.06. The average Bonchev–Trinajstić information content (AvgIpc) is 2.78. The fraction of sp³-hybridized carbons (Fsp3) is 0.267. The number of benzene rings is 1. The van der Waals surface area contributed by atoms with Crippen LogP contribution in [0, 0.1) is 5.41 Å². The molecule has 6 nitrogen and oxygen atoms in total. The normalized spacial score (nSPS) is 13.3. The van der Waals surface area contributed by atoms with Crippen molar-refractivity contribution in [3.05, 3.63) is 46.5 Å². The van der Waals surface area contributed by atoms with E-state index in [1.165, 1.54) is 6.08 Å². The Morgan fingerprint density at radius 1 is 1.43 bits per heavy atom. The van der Waals surface area contributed by atoms with E-state index in [0.717, 1.165) is 0 Å². The highest BCUT2D eigenvalue weighted by Crippen LogP contribution is 2.32. The van der Waals surface area contributed by atoms with Gasteiger partial charge in [-0.3, -0.25) is 4.72 Å². The van der Waals surface area contributed by atoms with Crippen LogP contribution >= 0.6 is 11.6 Å². The first-order valence-electron chi connectivity index (χ1n) is 6.69. The Hall–Kier alpha value is -1.99. The molecule has 0 amide bonds. The standard InChI is InChI=1S/C15H17ClN2O4S/c1-9(19)12(8-15(2,3)4)23(20,21)18-14-13-10(16)6-5-7-11(13)22-17-14/h5-8,19H,1H2,2-4H3,(H,17,18)/b12-8+. The maximum absolute atomic E-state index is 12.5. The maximum atomic E-state index is 12.5. The van der Waals surface area contributed by atoms with E-state index < -0.39 is 21.2 Å². The van der Waals surface area contributed by atoms with E-state index in [1.807, 2.05) is 0 Å². The number of hydrogen-bond donors (Lipinski definition) is 2. The summed E-state index contributed by atoms with van der Waals surface area (Å²) < 4.78 is 32.4. The highest BCUT2D eigenvalue weighted by molar-refractivity contribution is 7.96. The summed E-state index contributed by atoms with van der Waals surface area (Å²) in [5.41, 5.74) is -0.140. The largest absolute Gasteiger partial charge is 0.507 e. The Balaban J connectivity index is 2.51. The molecule has 0 radical (unpaired) electrons. The molecule has 23 heavy (non-hydrogen) atoms. The Kier molecular flexibility index (Phi) is 4.45. The van der Waals surface area contributed by atoms with Gasteiger partial charge in [-0.1, -0.05) is 56.3 Å². The minimum atomic E-state index is -4.11. The number of anilines is 1. The molecule has 1 aromatic heterocycles. The van der Waals surface area contributed by atoms with Gasteiger partial charge in [0.25, 0.3) is 10.0 Å². The minimum absolute atomic E-state index is 0.0494. The molecule has 0 atom stereocenters. The molecule has 0 bridgehead atoms. The van der Waals surface area contributed by atoms with Crippen molar-refractivity contribution < 1.29 is 18.0 Å². The minimum Gasteiger partial charge on any atom is -0.507 e. The number of nitrogens with one attached hydrogen (secondary N) is 1. The van der Waals surface area contributed by atoms with Crippen molar-refractivity contribution >= 4 is 38.4 Å². The van der Waals surface area contributed by atoms with Crippen LogP contribution in [0.2, 0.25) is 5.02 Å². The van der Waals surface area contributed by atoms with Crippen LogP contribution in [-0.4, -0.2) is 18.7 Å². The maximum Gasteiger partial charge on any atom is 0.266 e. The third-order valence-electron chi connectivity index (χ3n) is 2.82. The van der Waals surface area contributed by atoms with Crippen molar-refractivity contribution in [1.29, 1.82) is 0 Å². The predicted octanol–water partition coefficient (Wildman–Crippen LogP) is 4.22. The SMILES string of the molecule is C=C(O)/C(=C\C(C)(C)C)S(=O)(=O)Nc1noc2cccc(Cl)c12. The second-order valence-corrected chi connectivity index (χ2v) is 8.13. The van der Waals surface area contributed by atoms with Crippen LogP contribution in [0.5, 0.6) is 0 Å². The van der Waals surface area contributed by atoms with Gasteiger partial charge in [0.05, 0.1) is 10.4 Å². The van der Waals surface area contributed by atoms with Gasteiger partial charge in [-0.2, -0.15) is 0 Å². The number of halogens is 1. The quantitative estimate of drug-likeness (QED) is 0.631. The first-order valence-corrected chi connectivity index (χ1v) is 8.55. The topological polar surface area (TPSA) is 92.4 Å². The van der Waals surface area contributed by atoms with E-state index in [4.69, 9.17) is 16.1 Å². The van der Waals surface area contributed by atoms with Crippen molar-refractivity contribution in [2.75, 3.05) is 4.72 Å². The molecule has 8 heteroatoms. The third kappa shape index (κ3) is 3.86. The summed E-state index contributed by atoms with van der Waals surface area (Å²) in [5, 5.41) is 14.0. The van der Waals surface area contributed by atoms with Gasteiger partial charge >= 0.3 is 0 Å². The Morgan fingerprint density at radius 2 is 2.09 bits per heavy atom. The summed E-state index contributed by atoms with van der Waals surface area (Å²) in [5.74, 6) is -0.613. The molecule has 1 aromatic carbocycles. The number of nitrogens with zero attached hydrogens (tertiary/aromatic N) is 1. The Labute approximate surface area is 139 Å². The molecule has 0 saturated carbocycles. The fourth-order valence-corrected chi connectivity index (χ4v) is 3.49. The molecule has 2 N–H and O–H groups in total. The molecular weight excluding hydrogens is 340 g/mol. The van der Waals surface area contributed by atoms with Gasteiger partial charge < -0.3 is 9.63 Å². The van der Waals surface area contributed by atoms with E-state index in [9.17, 15) is 13.5 Å². The lowest BCUT2D eigenvalue weighted by atomic mass is 9.96. The number of aromatic nitrogens is 1. The molecule has 0 aliphatic heterocycles. The van der Waals surface area contributed by atoms with Crippen LogP contribution in [0.4, 0.5) is 5.82 Å². The van der Waals surface area contributed by atoms with Crippen LogP contribution in [0.25, 0.3) is 11.0 Å². The molecule has 124 valence electrons. The fourth-order valence-electron chi connectivity index (χ4n) is 1.91. The number of aliphatic hydroxyl groups excluding tert-OH is 1. The van der Waals surface area contributed by atoms with Crippen molar-refractivity contribution in [3.63, 3.8) is 0 Å². The molecule has 2 rings (SSSR count). The van der Waals surface area contributed by atoms with E-state index >= 15 is 0 Å². The van der Waals surface area contributed by atoms with Gasteiger partial charge in [0, 0.05) is 0 Å². The zero-order valence-corrected chi connectivity index (χ0v) is 14.5. The van der Waals surface area contributed by atoms with E-state index in [2.05, 4.69) is 16.5 Å². The third-order valence-corrected chi connectivity index (χ3v) is 4.53. The van der Waals surface area contributed by atoms with Crippen LogP contribution in [0.3, 0.4) is 0 Å². The molecular formula is C15H17ClN2O4S. The van der Waals surface area contributed by atoms with Crippen LogP contribution in [0.1, 0.15) is 20.8 Å². The summed E-state index contributed by atoms with van der Waals surface area (Å²) in [7, 11) is -4.11. The first kappa shape index (κ1) is 17.4. The van der Waals surface area contributed by atoms with Gasteiger partial charge in [-0.15, -0.1) is 0 Å². The molecule has 0 fully saturated rings. The number of hydrogen-bond acceptors (Lipinski definition) is 5. The monoisotopic (exact) mass is 356 g/mol. The molecule has 0 spiro atoms. The predicted molar refractivity (Wildman–Crippen MR) is 90.9 cm³/mol. The number of sulfonamides is 1. The van der Waals surface area contributed by atoms with E-state index in [-0.39, 0.29) is 10.7 Å². The number of rotatable bonds is 4. The Morgan fingerprint density at radius 3 is 2.65 bits per heavy atom. The summed E-state index contributed by atoms with van der Waals surface area (Å²) in [4.78, 5) is -0.326. The molecule has 0 aliphatic carbocycles. The highest BCUT2D eigenvalue weighted by Gasteiger charge is 2.26. The van der Waals surface area contributed by atoms with Crippen LogP contribution in [0.15, 0.2) is 46.0 Å². The van der Waals surface area contributed by atoms with Gasteiger partial charge in [0.1, 0.15) is 10.7 Å². The summed E-state index contributed by atoms with van der Waals surface area (Å²) in [6, 6.07) is 4.87. The zero-order chi connectivity index (χ0) is 17.4. The van der Waals surface area contributed by atoms with Crippen LogP contribution in [-0.2, 0) is 10.0 Å². The first-order chi connectivity index (χ1) is 10.5. The molecule has 2 aromatic rings. The lowest BCUT2D eigenvalue weighted by molar-refractivity contribution is 0.426. The zero-order valence-electron chi connectivity index (χ0n) is 12.9. The smallest absolute Gasteiger partial charge is 0.266 e. The average molecular weight is 357 g/mol. The summed E-state index contributed by atoms with van der Waals surface area (Å²) in [6.45, 7) is 8.71. The van der Waals surface area contributed by atoms with Gasteiger partial charge in [0.15, 0.2) is 11.4 Å². The van der Waals surface area contributed by atoms with Crippen molar-refractivity contribution in [2.45, 2.75) is 20.8 Å². The second kappa shape index (κ2) is 5.90. The number of aliphatic hydroxyl groups is 1. The van der Waals surface area contributed by atoms with Crippen molar-refractivity contribution in [3.8, 4) is 0 Å². The van der Waals surface area contributed by atoms with Crippen molar-refractivity contribution in [2.24, 2.45) is 5.41 Å². The number of fused-ring (bicyclic) bond motifs is 1. The van der Waals surface area contributed by atoms with E-state index in [1.54, 1.807) is 39.0 Å². The number of allylic oxidation sites excluding steroid dienone is 1. The van der Waals surface area contributed by atoms with Gasteiger partial charge in [-0.05, 0) is 17.5 Å². The lowest BCUT2D eigenvalue weighted by Crippen LogP contribution is -2.18. The molecule has 1 heterocycles. The lowest BCUT2D eigenvalue weighted by Gasteiger charge is -2.16. The molecule has 0 aliphatic rings. The van der Waals surface area contributed by atoms with Gasteiger partial charge in [0.2, 0.25) is 0 Å². The second-order valence-electron chi connectivity index (χ2n) is 6.07. The van der Waals surface area contributed by atoms with Crippen molar-refractivity contribution in [1.82, 2.24) is 5.16 Å². The Bertz CT molecular complexity index is 892. The highest BCUT2D eigenvalue weighted by atomic mass is 35.5. The van der Waals surface area contributed by atoms with Crippen LogP contribution < -0.4 is 4.72 Å². The molecule has 0 unspecified atom stereocenters.